The first-order valence-corrected chi connectivity index (χ1v) is 7.01. The molecule has 2 heterocycles. The molecular weight excluding hydrogens is 274 g/mol. The van der Waals surface area contributed by atoms with E-state index in [0.29, 0.717) is 30.4 Å². The van der Waals surface area contributed by atoms with Crippen LogP contribution < -0.4 is 0 Å². The van der Waals surface area contributed by atoms with Crippen molar-refractivity contribution in [3.8, 4) is 0 Å². The molecule has 0 fully saturated rings. The maximum atomic E-state index is 11.6. The highest BCUT2D eigenvalue weighted by molar-refractivity contribution is 5.88. The molecule has 0 N–H and O–H groups in total. The summed E-state index contributed by atoms with van der Waals surface area (Å²) in [4.78, 5) is 15.9. The Kier molecular flexibility index (Phi) is 5.02. The number of aromatic nitrogens is 5. The summed E-state index contributed by atoms with van der Waals surface area (Å²) in [5, 5.41) is 11.7. The lowest BCUT2D eigenvalue weighted by Crippen LogP contribution is -2.10. The zero-order chi connectivity index (χ0) is 15.2. The van der Waals surface area contributed by atoms with E-state index < -0.39 is 5.97 Å². The summed E-state index contributed by atoms with van der Waals surface area (Å²) < 4.78 is 11.5. The Morgan fingerprint density at radius 1 is 1.38 bits per heavy atom. The number of methoxy groups -OCH3 is 1. The Morgan fingerprint density at radius 3 is 2.86 bits per heavy atom. The van der Waals surface area contributed by atoms with Crippen LogP contribution in [0.1, 0.15) is 54.6 Å². The van der Waals surface area contributed by atoms with Crippen LogP contribution in [-0.2, 0) is 24.1 Å². The third-order valence-corrected chi connectivity index (χ3v) is 3.10. The van der Waals surface area contributed by atoms with Crippen molar-refractivity contribution in [1.29, 1.82) is 0 Å². The average Bonchev–Trinajstić information content (AvgIpc) is 3.11. The van der Waals surface area contributed by atoms with Gasteiger partial charge in [-0.15, -0.1) is 5.10 Å². The largest absolute Gasteiger partial charge is 0.464 e. The van der Waals surface area contributed by atoms with Gasteiger partial charge in [-0.2, -0.15) is 4.98 Å². The van der Waals surface area contributed by atoms with E-state index in [2.05, 4.69) is 32.1 Å². The number of carbonyl (C=O) groups is 1. The maximum absolute atomic E-state index is 11.6. The molecule has 2 aromatic rings. The maximum Gasteiger partial charge on any atom is 0.360 e. The van der Waals surface area contributed by atoms with Crippen molar-refractivity contribution in [3.63, 3.8) is 0 Å². The van der Waals surface area contributed by atoms with Crippen molar-refractivity contribution < 1.29 is 14.1 Å². The monoisotopic (exact) mass is 293 g/mol. The summed E-state index contributed by atoms with van der Waals surface area (Å²) in [7, 11) is 1.32. The van der Waals surface area contributed by atoms with Crippen LogP contribution in [0.3, 0.4) is 0 Å². The van der Waals surface area contributed by atoms with Gasteiger partial charge >= 0.3 is 5.97 Å². The number of esters is 1. The van der Waals surface area contributed by atoms with Gasteiger partial charge in [0, 0.05) is 6.42 Å². The van der Waals surface area contributed by atoms with Gasteiger partial charge in [0.25, 0.3) is 0 Å². The second kappa shape index (κ2) is 6.96. The molecule has 21 heavy (non-hydrogen) atoms. The summed E-state index contributed by atoms with van der Waals surface area (Å²) >= 11 is 0. The van der Waals surface area contributed by atoms with Gasteiger partial charge in [0.2, 0.25) is 5.89 Å². The molecule has 0 radical (unpaired) electrons. The summed E-state index contributed by atoms with van der Waals surface area (Å²) in [6, 6.07) is 0. The van der Waals surface area contributed by atoms with E-state index >= 15 is 0 Å². The molecular formula is C13H19N5O3. The van der Waals surface area contributed by atoms with Gasteiger partial charge in [-0.05, 0) is 12.8 Å². The number of aryl methyl sites for hydroxylation is 1. The van der Waals surface area contributed by atoms with E-state index in [-0.39, 0.29) is 5.69 Å². The third kappa shape index (κ3) is 3.45. The molecule has 114 valence electrons. The minimum absolute atomic E-state index is 0.228. The van der Waals surface area contributed by atoms with Crippen molar-refractivity contribution in [2.45, 2.75) is 46.1 Å². The Balaban J connectivity index is 2.14. The zero-order valence-corrected chi connectivity index (χ0v) is 12.5. The molecule has 0 amide bonds. The lowest BCUT2D eigenvalue weighted by molar-refractivity contribution is 0.0592. The van der Waals surface area contributed by atoms with Crippen LogP contribution in [-0.4, -0.2) is 38.2 Å². The van der Waals surface area contributed by atoms with Gasteiger partial charge < -0.3 is 9.26 Å². The number of hydrogen-bond donors (Lipinski definition) is 0. The summed E-state index contributed by atoms with van der Waals surface area (Å²) in [6.07, 6.45) is 3.50. The smallest absolute Gasteiger partial charge is 0.360 e. The number of carbonyl (C=O) groups excluding carboxylic acids is 1. The average molecular weight is 293 g/mol. The fourth-order valence-electron chi connectivity index (χ4n) is 1.98. The number of hydrogen-bond acceptors (Lipinski definition) is 7. The highest BCUT2D eigenvalue weighted by Crippen LogP contribution is 2.10. The first-order valence-electron chi connectivity index (χ1n) is 7.01. The van der Waals surface area contributed by atoms with E-state index in [0.717, 1.165) is 19.3 Å². The predicted molar refractivity (Wildman–Crippen MR) is 72.8 cm³/mol. The second-order valence-electron chi connectivity index (χ2n) is 4.60. The van der Waals surface area contributed by atoms with E-state index in [4.69, 9.17) is 4.52 Å². The molecule has 0 aliphatic carbocycles. The van der Waals surface area contributed by atoms with Gasteiger partial charge in [-0.3, -0.25) is 0 Å². The molecule has 0 unspecified atom stereocenters. The van der Waals surface area contributed by atoms with Gasteiger partial charge in [-0.1, -0.05) is 30.6 Å². The number of nitrogens with zero attached hydrogens (tertiary/aromatic N) is 5. The molecule has 0 aromatic carbocycles. The molecule has 2 aromatic heterocycles. The van der Waals surface area contributed by atoms with Gasteiger partial charge in [0.05, 0.1) is 12.8 Å². The van der Waals surface area contributed by atoms with Crippen LogP contribution in [0.5, 0.6) is 0 Å². The quantitative estimate of drug-likeness (QED) is 0.712. The van der Waals surface area contributed by atoms with Gasteiger partial charge in [-0.25, -0.2) is 9.48 Å². The van der Waals surface area contributed by atoms with Crippen molar-refractivity contribution in [2.24, 2.45) is 0 Å². The van der Waals surface area contributed by atoms with Crippen molar-refractivity contribution in [1.82, 2.24) is 25.1 Å². The van der Waals surface area contributed by atoms with Crippen LogP contribution in [0.15, 0.2) is 4.52 Å². The zero-order valence-electron chi connectivity index (χ0n) is 12.5. The van der Waals surface area contributed by atoms with Crippen molar-refractivity contribution in [2.75, 3.05) is 7.11 Å². The molecule has 0 bridgehead atoms. The van der Waals surface area contributed by atoms with Crippen LogP contribution in [0.4, 0.5) is 0 Å². The highest BCUT2D eigenvalue weighted by Gasteiger charge is 2.20. The topological polar surface area (TPSA) is 95.9 Å². The van der Waals surface area contributed by atoms with Crippen LogP contribution in [0, 0.1) is 0 Å². The predicted octanol–water partition coefficient (Wildman–Crippen LogP) is 1.40. The highest BCUT2D eigenvalue weighted by atomic mass is 16.5. The number of rotatable bonds is 7. The van der Waals surface area contributed by atoms with Crippen LogP contribution >= 0.6 is 0 Å². The van der Waals surface area contributed by atoms with Crippen LogP contribution in [0.25, 0.3) is 0 Å². The van der Waals surface area contributed by atoms with E-state index in [9.17, 15) is 4.79 Å². The minimum Gasteiger partial charge on any atom is -0.464 e. The first kappa shape index (κ1) is 15.1. The second-order valence-corrected chi connectivity index (χ2v) is 4.60. The van der Waals surface area contributed by atoms with Crippen molar-refractivity contribution in [3.05, 3.63) is 23.1 Å². The fraction of sp³-hybridized carbons (Fsp3) is 0.615. The Bertz CT molecular complexity index is 605. The standard InChI is InChI=1S/C13H19N5O3/c1-4-6-7-10-14-11(21-16-10)8-18-9(5-2)12(15-17-18)13(19)20-3/h4-8H2,1-3H3. The van der Waals surface area contributed by atoms with E-state index in [1.165, 1.54) is 7.11 Å². The van der Waals surface area contributed by atoms with Gasteiger partial charge in [0.15, 0.2) is 11.5 Å². The van der Waals surface area contributed by atoms with E-state index in [1.54, 1.807) is 4.68 Å². The van der Waals surface area contributed by atoms with E-state index in [1.807, 2.05) is 6.92 Å². The molecule has 0 spiro atoms. The Morgan fingerprint density at radius 2 is 2.19 bits per heavy atom. The van der Waals surface area contributed by atoms with Gasteiger partial charge in [0.1, 0.15) is 6.54 Å². The molecule has 8 nitrogen and oxygen atoms in total. The van der Waals surface area contributed by atoms with Crippen molar-refractivity contribution >= 4 is 5.97 Å². The normalized spacial score (nSPS) is 10.8. The third-order valence-electron chi connectivity index (χ3n) is 3.10. The molecule has 0 saturated carbocycles. The Hall–Kier alpha value is -2.25. The lowest BCUT2D eigenvalue weighted by atomic mass is 10.2. The summed E-state index contributed by atoms with van der Waals surface area (Å²) in [6.45, 7) is 4.33. The summed E-state index contributed by atoms with van der Waals surface area (Å²) in [5.41, 5.74) is 0.917. The molecule has 0 aliphatic rings. The molecule has 0 atom stereocenters. The Labute approximate surface area is 122 Å². The SMILES string of the molecule is CCCCc1noc(Cn2nnc(C(=O)OC)c2CC)n1. The minimum atomic E-state index is -0.493. The number of unbranched alkanes of at least 4 members (excludes halogenated alkanes) is 1. The summed E-state index contributed by atoms with van der Waals surface area (Å²) in [5.74, 6) is 0.655. The number of ether oxygens (including phenoxy) is 1. The lowest BCUT2D eigenvalue weighted by Gasteiger charge is -2.02. The molecule has 8 heteroatoms. The molecule has 0 aliphatic heterocycles. The van der Waals surface area contributed by atoms with Crippen LogP contribution in [0.2, 0.25) is 0 Å². The molecule has 2 rings (SSSR count). The fourth-order valence-corrected chi connectivity index (χ4v) is 1.98. The first-order chi connectivity index (χ1) is 10.2. The molecule has 0 saturated heterocycles.